The van der Waals surface area contributed by atoms with E-state index in [2.05, 4.69) is 15.4 Å². The first kappa shape index (κ1) is 39.0. The van der Waals surface area contributed by atoms with Gasteiger partial charge in [0, 0.05) is 76.0 Å². The molecular weight excluding hydrogens is 724 g/mol. The molecule has 4 aromatic rings. The fraction of sp³-hybridized carbons (Fsp3) is 0.432. The SMILES string of the molecule is COCCn1cc(-c2ccc(-c3cnc(C(=O)Nc4ccc(C(=O)N5CCN(C(=O)C[N+]6(C)C[C@H](OC)[C@@H](N)C6)CC5)c(Cl)c4)n3C)c(F)c2F)c(C)n1. The molecule has 1 unspecified atom stereocenters. The number of piperazine rings is 1. The molecule has 0 saturated carbocycles. The highest BCUT2D eigenvalue weighted by atomic mass is 35.5. The van der Waals surface area contributed by atoms with E-state index in [1.54, 1.807) is 47.9 Å². The quantitative estimate of drug-likeness (QED) is 0.221. The van der Waals surface area contributed by atoms with Crippen molar-refractivity contribution in [3.8, 4) is 22.4 Å². The van der Waals surface area contributed by atoms with E-state index in [-0.39, 0.29) is 57.2 Å². The van der Waals surface area contributed by atoms with Gasteiger partial charge in [0.2, 0.25) is 0 Å². The average Bonchev–Trinajstić information content (AvgIpc) is 3.80. The van der Waals surface area contributed by atoms with Crippen LogP contribution in [0.25, 0.3) is 22.4 Å². The number of nitrogens with one attached hydrogen (secondary N) is 1. The number of halogens is 3. The number of ether oxygens (including phenoxy) is 2. The minimum Gasteiger partial charge on any atom is -0.383 e. The van der Waals surface area contributed by atoms with Crippen molar-refractivity contribution in [2.75, 3.05) is 79.0 Å². The largest absolute Gasteiger partial charge is 0.383 e. The number of carbonyl (C=O) groups excluding carboxylic acids is 3. The summed E-state index contributed by atoms with van der Waals surface area (Å²) in [6.07, 6.45) is 2.85. The summed E-state index contributed by atoms with van der Waals surface area (Å²) in [5, 5.41) is 7.20. The number of likely N-dealkylation sites (N-methyl/N-ethyl adjacent to an activating group) is 1. The monoisotopic (exact) mass is 768 g/mol. The maximum Gasteiger partial charge on any atom is 0.291 e. The van der Waals surface area contributed by atoms with Crippen LogP contribution in [0.2, 0.25) is 5.02 Å². The Morgan fingerprint density at radius 1 is 1.02 bits per heavy atom. The van der Waals surface area contributed by atoms with Crippen LogP contribution >= 0.6 is 11.6 Å². The van der Waals surface area contributed by atoms with E-state index in [0.29, 0.717) is 80.4 Å². The van der Waals surface area contributed by atoms with Crippen molar-refractivity contribution in [2.24, 2.45) is 12.8 Å². The summed E-state index contributed by atoms with van der Waals surface area (Å²) in [6, 6.07) is 7.32. The highest BCUT2D eigenvalue weighted by Crippen LogP contribution is 2.33. The van der Waals surface area contributed by atoms with Gasteiger partial charge in [-0.3, -0.25) is 19.1 Å². The lowest BCUT2D eigenvalue weighted by Crippen LogP contribution is -2.56. The van der Waals surface area contributed by atoms with E-state index in [9.17, 15) is 14.4 Å². The van der Waals surface area contributed by atoms with Crippen molar-refractivity contribution in [2.45, 2.75) is 25.6 Å². The molecule has 0 radical (unpaired) electrons. The third-order valence-electron chi connectivity index (χ3n) is 10.3. The summed E-state index contributed by atoms with van der Waals surface area (Å²) in [7, 11) is 6.73. The number of nitrogens with zero attached hydrogens (tertiary/aromatic N) is 7. The van der Waals surface area contributed by atoms with Gasteiger partial charge in [0.25, 0.3) is 17.7 Å². The Bertz CT molecular complexity index is 2060. The molecule has 3 atom stereocenters. The number of hydrogen-bond donors (Lipinski definition) is 2. The lowest BCUT2D eigenvalue weighted by Gasteiger charge is -2.37. The molecular formula is C37H45ClF2N9O5+. The predicted molar refractivity (Wildman–Crippen MR) is 198 cm³/mol. The van der Waals surface area contributed by atoms with E-state index in [1.807, 2.05) is 7.05 Å². The van der Waals surface area contributed by atoms with Crippen molar-refractivity contribution < 1.29 is 37.1 Å². The molecule has 3 amide bonds. The Kier molecular flexibility index (Phi) is 11.5. The zero-order valence-electron chi connectivity index (χ0n) is 30.9. The number of aryl methyl sites for hydroxylation is 1. The number of anilines is 1. The highest BCUT2D eigenvalue weighted by molar-refractivity contribution is 6.34. The molecule has 2 aromatic carbocycles. The van der Waals surface area contributed by atoms with Crippen LogP contribution in [0, 0.1) is 18.6 Å². The van der Waals surface area contributed by atoms with Gasteiger partial charge in [-0.15, -0.1) is 0 Å². The van der Waals surface area contributed by atoms with E-state index in [1.165, 1.54) is 42.1 Å². The van der Waals surface area contributed by atoms with Crippen LogP contribution in [-0.4, -0.2) is 137 Å². The number of likely N-dealkylation sites (tertiary alicyclic amines) is 1. The van der Waals surface area contributed by atoms with Crippen LogP contribution in [0.5, 0.6) is 0 Å². The lowest BCUT2D eigenvalue weighted by molar-refractivity contribution is -0.891. The van der Waals surface area contributed by atoms with Gasteiger partial charge in [-0.05, 0) is 31.2 Å². The molecule has 6 rings (SSSR count). The average molecular weight is 769 g/mol. The zero-order chi connectivity index (χ0) is 38.9. The van der Waals surface area contributed by atoms with Gasteiger partial charge in [-0.1, -0.05) is 17.7 Å². The number of carbonyl (C=O) groups is 3. The van der Waals surface area contributed by atoms with Crippen LogP contribution in [0.3, 0.4) is 0 Å². The second-order valence-electron chi connectivity index (χ2n) is 14.1. The topological polar surface area (TPSA) is 150 Å². The molecule has 0 aliphatic carbocycles. The molecule has 2 aromatic heterocycles. The molecule has 0 bridgehead atoms. The van der Waals surface area contributed by atoms with Crippen LogP contribution in [0.1, 0.15) is 26.7 Å². The van der Waals surface area contributed by atoms with Gasteiger partial charge in [0.05, 0.1) is 61.0 Å². The van der Waals surface area contributed by atoms with Crippen molar-refractivity contribution in [3.05, 3.63) is 76.5 Å². The first-order chi connectivity index (χ1) is 25.7. The van der Waals surface area contributed by atoms with Gasteiger partial charge in [0.15, 0.2) is 24.0 Å². The molecule has 14 nitrogen and oxygen atoms in total. The van der Waals surface area contributed by atoms with Crippen molar-refractivity contribution in [1.82, 2.24) is 29.1 Å². The molecule has 3 N–H and O–H groups in total. The maximum atomic E-state index is 15.5. The van der Waals surface area contributed by atoms with Gasteiger partial charge < -0.3 is 39.4 Å². The second-order valence-corrected chi connectivity index (χ2v) is 14.5. The van der Waals surface area contributed by atoms with E-state index in [0.717, 1.165) is 0 Å². The third kappa shape index (κ3) is 7.88. The smallest absolute Gasteiger partial charge is 0.291 e. The van der Waals surface area contributed by atoms with E-state index < -0.39 is 17.5 Å². The van der Waals surface area contributed by atoms with Crippen LogP contribution in [0.15, 0.2) is 42.7 Å². The van der Waals surface area contributed by atoms with Gasteiger partial charge >= 0.3 is 0 Å². The Balaban J connectivity index is 1.07. The first-order valence-corrected chi connectivity index (χ1v) is 17.9. The Morgan fingerprint density at radius 3 is 2.37 bits per heavy atom. The van der Waals surface area contributed by atoms with Gasteiger partial charge in [-0.25, -0.2) is 13.8 Å². The van der Waals surface area contributed by atoms with E-state index >= 15 is 8.78 Å². The maximum absolute atomic E-state index is 15.5. The molecule has 4 heterocycles. The number of quaternary nitrogens is 1. The Hall–Kier alpha value is -4.74. The zero-order valence-corrected chi connectivity index (χ0v) is 31.7. The Morgan fingerprint density at radius 2 is 1.70 bits per heavy atom. The number of imidazole rings is 1. The molecule has 2 fully saturated rings. The lowest BCUT2D eigenvalue weighted by atomic mass is 10.0. The van der Waals surface area contributed by atoms with Crippen LogP contribution < -0.4 is 11.1 Å². The third-order valence-corrected chi connectivity index (χ3v) is 10.6. The van der Waals surface area contributed by atoms with Gasteiger partial charge in [-0.2, -0.15) is 5.10 Å². The second kappa shape index (κ2) is 15.9. The van der Waals surface area contributed by atoms with Gasteiger partial charge in [0.1, 0.15) is 12.6 Å². The molecule has 2 aliphatic rings. The summed E-state index contributed by atoms with van der Waals surface area (Å²) >= 11 is 6.54. The number of benzene rings is 2. The molecule has 2 saturated heterocycles. The number of rotatable bonds is 11. The Labute approximate surface area is 316 Å². The molecule has 2 aliphatic heterocycles. The molecule has 288 valence electrons. The fourth-order valence-electron chi connectivity index (χ4n) is 7.27. The summed E-state index contributed by atoms with van der Waals surface area (Å²) in [4.78, 5) is 47.4. The summed E-state index contributed by atoms with van der Waals surface area (Å²) in [6.45, 7) is 5.70. The number of methoxy groups -OCH3 is 2. The van der Waals surface area contributed by atoms with E-state index in [4.69, 9.17) is 26.8 Å². The molecule has 0 spiro atoms. The number of hydrogen-bond acceptors (Lipinski definition) is 8. The van der Waals surface area contributed by atoms with Crippen LogP contribution in [0.4, 0.5) is 14.5 Å². The predicted octanol–water partition coefficient (Wildman–Crippen LogP) is 3.18. The minimum absolute atomic E-state index is 0.00949. The highest BCUT2D eigenvalue weighted by Gasteiger charge is 2.43. The number of amides is 3. The van der Waals surface area contributed by atoms with Crippen molar-refractivity contribution in [1.29, 1.82) is 0 Å². The summed E-state index contributed by atoms with van der Waals surface area (Å²) < 4.78 is 45.0. The minimum atomic E-state index is -1.09. The van der Waals surface area contributed by atoms with Crippen molar-refractivity contribution >= 4 is 35.0 Å². The summed E-state index contributed by atoms with van der Waals surface area (Å²) in [5.41, 5.74) is 7.92. The first-order valence-electron chi connectivity index (χ1n) is 17.6. The number of aromatic nitrogens is 4. The van der Waals surface area contributed by atoms with Crippen LogP contribution in [-0.2, 0) is 27.9 Å². The molecule has 54 heavy (non-hydrogen) atoms. The fourth-order valence-corrected chi connectivity index (χ4v) is 7.53. The normalized spacial score (nSPS) is 20.1. The van der Waals surface area contributed by atoms with Crippen molar-refractivity contribution in [3.63, 3.8) is 0 Å². The molecule has 17 heteroatoms. The number of nitrogens with two attached hydrogens (primary N) is 1. The standard InChI is InChI=1S/C37H44ClF2N9O5/c1-22-27(18-48(44-22)14-15-53-4)24-8-9-26(34(40)33(24)39)30-17-42-35(45(30)2)36(51)43-23-6-7-25(28(38)16-23)37(52)47-12-10-46(11-13-47)32(50)21-49(3)19-29(41)31(20-49)54-5/h6-9,16-18,29,31H,10-15,19-21,41H2,1-5H3/p+1/t29-,31-,49?/m0/s1. The summed E-state index contributed by atoms with van der Waals surface area (Å²) in [5.74, 6) is -3.10.